The Morgan fingerprint density at radius 1 is 1.05 bits per heavy atom. The van der Waals surface area contributed by atoms with Gasteiger partial charge in [0.25, 0.3) is 5.91 Å². The number of nitrogens with one attached hydrogen (secondary N) is 2. The van der Waals surface area contributed by atoms with E-state index >= 15 is 0 Å². The van der Waals surface area contributed by atoms with Crippen LogP contribution < -0.4 is 10.6 Å². The summed E-state index contributed by atoms with van der Waals surface area (Å²) in [4.78, 5) is 30.7. The first-order valence-electron chi connectivity index (χ1n) is 13.5. The molecule has 1 saturated heterocycles. The molecule has 200 valence electrons. The fraction of sp³-hybridized carbons (Fsp3) is 0.571. The van der Waals surface area contributed by atoms with Gasteiger partial charge in [-0.2, -0.15) is 0 Å². The van der Waals surface area contributed by atoms with Gasteiger partial charge in [-0.1, -0.05) is 25.3 Å². The van der Waals surface area contributed by atoms with Gasteiger partial charge in [0, 0.05) is 63.5 Å². The number of hydrogen-bond donors (Lipinski definition) is 2. The predicted octanol–water partition coefficient (Wildman–Crippen LogP) is 3.42. The monoisotopic (exact) mass is 513 g/mol. The number of likely N-dealkylation sites (N-methyl/N-ethyl adjacent to an activating group) is 1. The number of fused-ring (bicyclic) bond motifs is 1. The normalized spacial score (nSPS) is 22.4. The Labute approximate surface area is 217 Å². The second-order valence-electron chi connectivity index (χ2n) is 10.9. The summed E-state index contributed by atoms with van der Waals surface area (Å²) < 4.78 is 29.0. The van der Waals surface area contributed by atoms with Crippen LogP contribution in [0.4, 0.5) is 8.78 Å². The average molecular weight is 514 g/mol. The summed E-state index contributed by atoms with van der Waals surface area (Å²) in [5, 5.41) is 6.25. The van der Waals surface area contributed by atoms with Crippen molar-refractivity contribution in [2.75, 3.05) is 46.3 Å². The maximum absolute atomic E-state index is 13.8. The van der Waals surface area contributed by atoms with Crippen LogP contribution in [0.1, 0.15) is 55.1 Å². The first-order valence-corrected chi connectivity index (χ1v) is 13.5. The number of benzene rings is 1. The van der Waals surface area contributed by atoms with E-state index in [1.807, 2.05) is 4.57 Å². The molecule has 37 heavy (non-hydrogen) atoms. The molecule has 0 unspecified atom stereocenters. The Balaban J connectivity index is 1.29. The van der Waals surface area contributed by atoms with Crippen LogP contribution in [0.3, 0.4) is 0 Å². The third-order valence-corrected chi connectivity index (χ3v) is 8.26. The minimum Gasteiger partial charge on any atom is -0.352 e. The molecular weight excluding hydrogens is 476 g/mol. The summed E-state index contributed by atoms with van der Waals surface area (Å²) in [6, 6.07) is 5.25. The van der Waals surface area contributed by atoms with Crippen LogP contribution in [-0.4, -0.2) is 78.5 Å². The fourth-order valence-electron chi connectivity index (χ4n) is 6.00. The first kappa shape index (κ1) is 25.9. The van der Waals surface area contributed by atoms with Crippen LogP contribution in [-0.2, 0) is 4.79 Å². The lowest BCUT2D eigenvalue weighted by Gasteiger charge is -2.38. The third-order valence-electron chi connectivity index (χ3n) is 8.26. The number of hydrogen-bond acceptors (Lipinski definition) is 4. The largest absolute Gasteiger partial charge is 0.352 e. The molecule has 2 aliphatic heterocycles. The zero-order valence-corrected chi connectivity index (χ0v) is 21.5. The number of nitrogens with zero attached hydrogens (tertiary/aromatic N) is 3. The number of carbonyl (C=O) groups excluding carboxylic acids is 2. The molecule has 2 N–H and O–H groups in total. The maximum Gasteiger partial charge on any atom is 0.268 e. The summed E-state index contributed by atoms with van der Waals surface area (Å²) in [5.41, 5.74) is 1.53. The number of halogens is 2. The van der Waals surface area contributed by atoms with Crippen LogP contribution >= 0.6 is 0 Å². The Kier molecular flexibility index (Phi) is 7.90. The van der Waals surface area contributed by atoms with Gasteiger partial charge in [0.05, 0.1) is 6.04 Å². The van der Waals surface area contributed by atoms with Crippen LogP contribution in [0.15, 0.2) is 30.5 Å². The molecule has 0 bridgehead atoms. The van der Waals surface area contributed by atoms with E-state index in [9.17, 15) is 18.4 Å². The van der Waals surface area contributed by atoms with E-state index in [4.69, 9.17) is 0 Å². The molecule has 2 aromatic rings. The highest BCUT2D eigenvalue weighted by atomic mass is 19.2. The Morgan fingerprint density at radius 2 is 1.81 bits per heavy atom. The maximum atomic E-state index is 13.8. The predicted molar refractivity (Wildman–Crippen MR) is 138 cm³/mol. The Bertz CT molecular complexity index is 1120. The van der Waals surface area contributed by atoms with Crippen molar-refractivity contribution in [1.29, 1.82) is 0 Å². The van der Waals surface area contributed by atoms with Gasteiger partial charge in [-0.3, -0.25) is 14.5 Å². The van der Waals surface area contributed by atoms with Crippen LogP contribution in [0.5, 0.6) is 0 Å². The lowest BCUT2D eigenvalue weighted by Crippen LogP contribution is -2.53. The van der Waals surface area contributed by atoms with Crippen molar-refractivity contribution < 1.29 is 18.4 Å². The minimum atomic E-state index is -0.934. The van der Waals surface area contributed by atoms with Gasteiger partial charge >= 0.3 is 0 Å². The van der Waals surface area contributed by atoms with Gasteiger partial charge in [0.15, 0.2) is 11.6 Å². The number of rotatable bonds is 7. The second kappa shape index (κ2) is 11.3. The van der Waals surface area contributed by atoms with Gasteiger partial charge in [0.2, 0.25) is 5.91 Å². The molecule has 2 amide bonds. The van der Waals surface area contributed by atoms with E-state index in [0.29, 0.717) is 29.3 Å². The molecule has 0 spiro atoms. The van der Waals surface area contributed by atoms with Crippen LogP contribution in [0, 0.1) is 17.6 Å². The summed E-state index contributed by atoms with van der Waals surface area (Å²) in [6.45, 7) is 5.35. The highest BCUT2D eigenvalue weighted by Gasteiger charge is 2.31. The van der Waals surface area contributed by atoms with Crippen LogP contribution in [0.2, 0.25) is 0 Å². The van der Waals surface area contributed by atoms with Gasteiger partial charge in [0.1, 0.15) is 5.69 Å². The molecule has 1 aromatic carbocycles. The molecule has 5 rings (SSSR count). The van der Waals surface area contributed by atoms with Crippen molar-refractivity contribution in [3.63, 3.8) is 0 Å². The van der Waals surface area contributed by atoms with E-state index in [0.717, 1.165) is 57.7 Å². The number of carbonyl (C=O) groups is 2. The zero-order chi connectivity index (χ0) is 25.9. The van der Waals surface area contributed by atoms with Crippen molar-refractivity contribution in [1.82, 2.24) is 25.0 Å². The summed E-state index contributed by atoms with van der Waals surface area (Å²) >= 11 is 0. The third kappa shape index (κ3) is 6.04. The molecule has 1 aromatic heterocycles. The van der Waals surface area contributed by atoms with Crippen LogP contribution in [0.25, 0.3) is 11.1 Å². The smallest absolute Gasteiger partial charge is 0.268 e. The van der Waals surface area contributed by atoms with E-state index in [2.05, 4.69) is 27.5 Å². The van der Waals surface area contributed by atoms with Crippen molar-refractivity contribution in [3.8, 4) is 11.1 Å². The number of amides is 2. The van der Waals surface area contributed by atoms with Gasteiger partial charge in [-0.25, -0.2) is 8.78 Å². The lowest BCUT2D eigenvalue weighted by molar-refractivity contribution is -0.123. The van der Waals surface area contributed by atoms with Crippen molar-refractivity contribution in [2.24, 2.45) is 5.92 Å². The quantitative estimate of drug-likeness (QED) is 0.596. The van der Waals surface area contributed by atoms with Crippen molar-refractivity contribution >= 4 is 11.8 Å². The Morgan fingerprint density at radius 3 is 2.54 bits per heavy atom. The van der Waals surface area contributed by atoms with E-state index in [-0.39, 0.29) is 30.3 Å². The molecule has 2 atom stereocenters. The SMILES string of the molecule is CN1CCN(C[C@@H](NC(=O)C[C@H]2CNC(=O)c3cc(-c4ccc(F)c(F)c4)cn32)C2CCCCC2)CC1. The minimum absolute atomic E-state index is 0.0140. The first-order chi connectivity index (χ1) is 17.9. The number of piperazine rings is 1. The molecule has 7 nitrogen and oxygen atoms in total. The summed E-state index contributed by atoms with van der Waals surface area (Å²) in [5.74, 6) is -1.61. The molecule has 3 heterocycles. The van der Waals surface area contributed by atoms with Gasteiger partial charge < -0.3 is 20.1 Å². The molecule has 2 fully saturated rings. The average Bonchev–Trinajstić information content (AvgIpc) is 3.36. The topological polar surface area (TPSA) is 69.6 Å². The standard InChI is InChI=1S/C28H37F2N5O2/c1-33-9-11-34(12-10-33)18-25(19-5-3-2-4-6-19)32-27(36)15-22-16-31-28(37)26-14-21(17-35(22)26)20-7-8-23(29)24(30)13-20/h7-8,13-14,17,19,22,25H,2-6,9-12,15-16,18H2,1H3,(H,31,37)(H,32,36)/t22-,25+/m0/s1. The van der Waals surface area contributed by atoms with E-state index in [1.165, 1.54) is 25.3 Å². The van der Waals surface area contributed by atoms with Gasteiger partial charge in [-0.15, -0.1) is 0 Å². The van der Waals surface area contributed by atoms with Gasteiger partial charge in [-0.05, 0) is 49.6 Å². The zero-order valence-electron chi connectivity index (χ0n) is 21.5. The Hall–Kier alpha value is -2.78. The van der Waals surface area contributed by atoms with Crippen molar-refractivity contribution in [3.05, 3.63) is 47.8 Å². The summed E-state index contributed by atoms with van der Waals surface area (Å²) in [7, 11) is 2.15. The molecule has 3 aliphatic rings. The second-order valence-corrected chi connectivity index (χ2v) is 10.9. The highest BCUT2D eigenvalue weighted by molar-refractivity contribution is 5.95. The highest BCUT2D eigenvalue weighted by Crippen LogP contribution is 2.30. The molecule has 0 radical (unpaired) electrons. The molecule has 1 saturated carbocycles. The molecule has 9 heteroatoms. The van der Waals surface area contributed by atoms with Crippen molar-refractivity contribution in [2.45, 2.75) is 50.6 Å². The lowest BCUT2D eigenvalue weighted by atomic mass is 9.83. The van der Waals surface area contributed by atoms with E-state index < -0.39 is 11.6 Å². The summed E-state index contributed by atoms with van der Waals surface area (Å²) in [6.07, 6.45) is 8.01. The van der Waals surface area contributed by atoms with E-state index in [1.54, 1.807) is 12.3 Å². The molecule has 1 aliphatic carbocycles. The number of aromatic nitrogens is 1. The molecular formula is C28H37F2N5O2. The fourth-order valence-corrected chi connectivity index (χ4v) is 6.00.